The van der Waals surface area contributed by atoms with E-state index in [1.54, 1.807) is 0 Å². The van der Waals surface area contributed by atoms with Crippen LogP contribution in [0.2, 0.25) is 0 Å². The summed E-state index contributed by atoms with van der Waals surface area (Å²) in [4.78, 5) is 19.0. The standard InChI is InChI=1S/C37H25N5/c1-23-31-7-3-5-9-34(31)41-36(39-23)27-15-11-25(12-16-27)29-19-20-33(30(21-29)22-38)26-13-17-28(18-14-26)37-40-24(2)32-8-4-6-10-35(32)42-37/h3-21H,1-2H3. The molecule has 0 N–H and O–H groups in total. The molecule has 0 aliphatic carbocycles. The van der Waals surface area contributed by atoms with E-state index in [0.717, 1.165) is 66.6 Å². The number of nitriles is 1. The Morgan fingerprint density at radius 3 is 1.45 bits per heavy atom. The van der Waals surface area contributed by atoms with E-state index >= 15 is 0 Å². The molecular weight excluding hydrogens is 514 g/mol. The highest BCUT2D eigenvalue weighted by atomic mass is 14.9. The molecule has 7 aromatic rings. The molecule has 5 heteroatoms. The van der Waals surface area contributed by atoms with E-state index in [1.165, 1.54) is 0 Å². The summed E-state index contributed by atoms with van der Waals surface area (Å²) in [7, 11) is 0. The van der Waals surface area contributed by atoms with Crippen LogP contribution in [0.5, 0.6) is 0 Å². The summed E-state index contributed by atoms with van der Waals surface area (Å²) < 4.78 is 0. The molecule has 0 saturated carbocycles. The van der Waals surface area contributed by atoms with Crippen molar-refractivity contribution in [3.05, 3.63) is 132 Å². The van der Waals surface area contributed by atoms with E-state index in [0.29, 0.717) is 17.2 Å². The molecule has 5 nitrogen and oxygen atoms in total. The van der Waals surface area contributed by atoms with Crippen LogP contribution >= 0.6 is 0 Å². The number of benzene rings is 5. The van der Waals surface area contributed by atoms with E-state index < -0.39 is 0 Å². The minimum Gasteiger partial charge on any atom is -0.233 e. The van der Waals surface area contributed by atoms with Gasteiger partial charge in [0.2, 0.25) is 0 Å². The average Bonchev–Trinajstić information content (AvgIpc) is 3.04. The predicted octanol–water partition coefficient (Wildman–Crippen LogP) is 8.73. The molecule has 0 fully saturated rings. The monoisotopic (exact) mass is 539 g/mol. The third kappa shape index (κ3) is 4.55. The van der Waals surface area contributed by atoms with Gasteiger partial charge in [0.05, 0.1) is 22.7 Å². The second kappa shape index (κ2) is 10.3. The first-order chi connectivity index (χ1) is 20.6. The van der Waals surface area contributed by atoms with E-state index in [1.807, 2.05) is 111 Å². The molecule has 2 aromatic heterocycles. The fraction of sp³-hybridized carbons (Fsp3) is 0.0541. The van der Waals surface area contributed by atoms with Crippen LogP contribution in [-0.4, -0.2) is 19.9 Å². The zero-order valence-corrected chi connectivity index (χ0v) is 23.2. The fourth-order valence-electron chi connectivity index (χ4n) is 5.41. The van der Waals surface area contributed by atoms with Gasteiger partial charge in [-0.25, -0.2) is 19.9 Å². The minimum absolute atomic E-state index is 0.621. The third-order valence-corrected chi connectivity index (χ3v) is 7.66. The van der Waals surface area contributed by atoms with Crippen molar-refractivity contribution in [1.82, 2.24) is 19.9 Å². The van der Waals surface area contributed by atoms with Gasteiger partial charge in [0.1, 0.15) is 0 Å². The Kier molecular flexibility index (Phi) is 6.22. The molecule has 0 unspecified atom stereocenters. The van der Waals surface area contributed by atoms with Gasteiger partial charge in [0.25, 0.3) is 0 Å². The van der Waals surface area contributed by atoms with Gasteiger partial charge in [-0.3, -0.25) is 0 Å². The van der Waals surface area contributed by atoms with Crippen LogP contribution in [0.25, 0.3) is 66.8 Å². The molecule has 0 radical (unpaired) electrons. The molecule has 0 aliphatic rings. The van der Waals surface area contributed by atoms with E-state index in [4.69, 9.17) is 19.9 Å². The lowest BCUT2D eigenvalue weighted by atomic mass is 9.94. The smallest absolute Gasteiger partial charge is 0.160 e. The average molecular weight is 540 g/mol. The van der Waals surface area contributed by atoms with E-state index in [2.05, 4.69) is 24.3 Å². The highest BCUT2D eigenvalue weighted by Crippen LogP contribution is 2.31. The van der Waals surface area contributed by atoms with Crippen LogP contribution < -0.4 is 0 Å². The lowest BCUT2D eigenvalue weighted by molar-refractivity contribution is 1.16. The van der Waals surface area contributed by atoms with Crippen molar-refractivity contribution in [2.24, 2.45) is 0 Å². The van der Waals surface area contributed by atoms with E-state index in [9.17, 15) is 5.26 Å². The quantitative estimate of drug-likeness (QED) is 0.224. The zero-order valence-electron chi connectivity index (χ0n) is 23.2. The molecule has 0 aliphatic heterocycles. The van der Waals surface area contributed by atoms with Crippen LogP contribution in [0, 0.1) is 25.2 Å². The number of para-hydroxylation sites is 2. The van der Waals surface area contributed by atoms with Crippen molar-refractivity contribution >= 4 is 21.8 Å². The molecular formula is C37H25N5. The number of hydrogen-bond donors (Lipinski definition) is 0. The van der Waals surface area contributed by atoms with Gasteiger partial charge in [0, 0.05) is 33.3 Å². The van der Waals surface area contributed by atoms with Gasteiger partial charge in [-0.2, -0.15) is 5.26 Å². The Hall–Kier alpha value is -5.73. The second-order valence-corrected chi connectivity index (χ2v) is 10.3. The maximum Gasteiger partial charge on any atom is 0.160 e. The topological polar surface area (TPSA) is 75.3 Å². The molecule has 0 amide bonds. The number of rotatable bonds is 4. The van der Waals surface area contributed by atoms with Crippen molar-refractivity contribution in [3.63, 3.8) is 0 Å². The Labute approximate surface area is 243 Å². The summed E-state index contributed by atoms with van der Waals surface area (Å²) in [6.45, 7) is 4.02. The van der Waals surface area contributed by atoms with E-state index in [-0.39, 0.29) is 0 Å². The number of aromatic nitrogens is 4. The second-order valence-electron chi connectivity index (χ2n) is 10.3. The lowest BCUT2D eigenvalue weighted by Gasteiger charge is -2.10. The molecule has 198 valence electrons. The van der Waals surface area contributed by atoms with Crippen LogP contribution in [0.1, 0.15) is 17.0 Å². The Bertz CT molecular complexity index is 2160. The first-order valence-electron chi connectivity index (χ1n) is 13.8. The summed E-state index contributed by atoms with van der Waals surface area (Å²) in [5.41, 5.74) is 10.2. The molecule has 2 heterocycles. The zero-order chi connectivity index (χ0) is 28.6. The summed E-state index contributed by atoms with van der Waals surface area (Å²) in [6.07, 6.45) is 0. The van der Waals surface area contributed by atoms with Gasteiger partial charge in [0.15, 0.2) is 11.6 Å². The molecule has 42 heavy (non-hydrogen) atoms. The van der Waals surface area contributed by atoms with Crippen LogP contribution in [0.4, 0.5) is 0 Å². The van der Waals surface area contributed by atoms with Crippen molar-refractivity contribution < 1.29 is 0 Å². The van der Waals surface area contributed by atoms with Crippen molar-refractivity contribution in [2.45, 2.75) is 13.8 Å². The Balaban J connectivity index is 1.17. The molecule has 0 atom stereocenters. The Morgan fingerprint density at radius 1 is 0.476 bits per heavy atom. The van der Waals surface area contributed by atoms with Gasteiger partial charge >= 0.3 is 0 Å². The summed E-state index contributed by atoms with van der Waals surface area (Å²) in [5.74, 6) is 1.40. The van der Waals surface area contributed by atoms with Crippen LogP contribution in [-0.2, 0) is 0 Å². The minimum atomic E-state index is 0.621. The predicted molar refractivity (Wildman–Crippen MR) is 169 cm³/mol. The molecule has 0 bridgehead atoms. The third-order valence-electron chi connectivity index (χ3n) is 7.66. The maximum atomic E-state index is 10.0. The number of fused-ring (bicyclic) bond motifs is 2. The Morgan fingerprint density at radius 2 is 0.929 bits per heavy atom. The SMILES string of the molecule is Cc1nc(-c2ccc(-c3ccc(-c4ccc(-c5nc(C)c6ccccc6n5)cc4)c(C#N)c3)cc2)nc2ccccc12. The van der Waals surface area contributed by atoms with Crippen LogP contribution in [0.15, 0.2) is 115 Å². The number of nitrogens with zero attached hydrogens (tertiary/aromatic N) is 5. The van der Waals surface area contributed by atoms with Crippen molar-refractivity contribution in [3.8, 4) is 51.1 Å². The first kappa shape index (κ1) is 25.3. The van der Waals surface area contributed by atoms with Crippen molar-refractivity contribution in [1.29, 1.82) is 5.26 Å². The highest BCUT2D eigenvalue weighted by molar-refractivity contribution is 5.84. The summed E-state index contributed by atoms with van der Waals surface area (Å²) >= 11 is 0. The van der Waals surface area contributed by atoms with Crippen LogP contribution in [0.3, 0.4) is 0 Å². The van der Waals surface area contributed by atoms with Crippen molar-refractivity contribution in [2.75, 3.05) is 0 Å². The van der Waals surface area contributed by atoms with Gasteiger partial charge < -0.3 is 0 Å². The fourth-order valence-corrected chi connectivity index (χ4v) is 5.41. The number of aryl methyl sites for hydroxylation is 2. The molecule has 0 saturated heterocycles. The largest absolute Gasteiger partial charge is 0.233 e. The first-order valence-corrected chi connectivity index (χ1v) is 13.8. The normalized spacial score (nSPS) is 11.1. The van der Waals surface area contributed by atoms with Gasteiger partial charge in [-0.15, -0.1) is 0 Å². The summed E-state index contributed by atoms with van der Waals surface area (Å²) in [5, 5.41) is 12.2. The molecule has 0 spiro atoms. The highest BCUT2D eigenvalue weighted by Gasteiger charge is 2.12. The van der Waals surface area contributed by atoms with Gasteiger partial charge in [-0.1, -0.05) is 97.1 Å². The van der Waals surface area contributed by atoms with Gasteiger partial charge in [-0.05, 0) is 54.3 Å². The molecule has 7 rings (SSSR count). The lowest BCUT2D eigenvalue weighted by Crippen LogP contribution is -1.94. The number of hydrogen-bond acceptors (Lipinski definition) is 5. The maximum absolute atomic E-state index is 10.0. The molecule has 5 aromatic carbocycles. The summed E-state index contributed by atoms with van der Waals surface area (Å²) in [6, 6.07) is 40.8.